The van der Waals surface area contributed by atoms with E-state index < -0.39 is 0 Å². The van der Waals surface area contributed by atoms with Gasteiger partial charge in [0.25, 0.3) is 0 Å². The number of aromatic nitrogens is 2. The van der Waals surface area contributed by atoms with Crippen molar-refractivity contribution in [3.05, 3.63) is 66.6 Å². The first-order valence-electron chi connectivity index (χ1n) is 10.0. The Kier molecular flexibility index (Phi) is 5.74. The number of hydrogen-bond donors (Lipinski definition) is 2. The molecule has 0 bridgehead atoms. The third kappa shape index (κ3) is 4.74. The molecule has 0 spiro atoms. The van der Waals surface area contributed by atoms with E-state index >= 15 is 0 Å². The summed E-state index contributed by atoms with van der Waals surface area (Å²) in [6, 6.07) is 15.1. The van der Waals surface area contributed by atoms with Crippen LogP contribution in [-0.2, 0) is 11.2 Å². The summed E-state index contributed by atoms with van der Waals surface area (Å²) in [5.74, 6) is -0.169. The molecule has 3 aromatic rings. The van der Waals surface area contributed by atoms with Crippen molar-refractivity contribution >= 4 is 23.3 Å². The first-order valence-corrected chi connectivity index (χ1v) is 10.0. The highest BCUT2D eigenvalue weighted by atomic mass is 16.2. The Hall–Kier alpha value is -3.35. The zero-order chi connectivity index (χ0) is 20.1. The van der Waals surface area contributed by atoms with Gasteiger partial charge in [-0.05, 0) is 37.1 Å². The fraction of sp³-hybridized carbons (Fsp3) is 0.318. The van der Waals surface area contributed by atoms with Gasteiger partial charge in [0.1, 0.15) is 5.65 Å². The van der Waals surface area contributed by atoms with Crippen molar-refractivity contribution < 1.29 is 9.59 Å². The summed E-state index contributed by atoms with van der Waals surface area (Å²) in [6.45, 7) is 1.65. The Balaban J connectivity index is 1.26. The maximum atomic E-state index is 12.6. The molecule has 29 heavy (non-hydrogen) atoms. The molecule has 3 heterocycles. The highest BCUT2D eigenvalue weighted by molar-refractivity contribution is 5.90. The van der Waals surface area contributed by atoms with Crippen LogP contribution < -0.4 is 10.6 Å². The molecule has 1 aromatic carbocycles. The second-order valence-corrected chi connectivity index (χ2v) is 7.32. The molecule has 0 saturated carbocycles. The molecule has 1 atom stereocenters. The highest BCUT2D eigenvalue weighted by Crippen LogP contribution is 2.18. The quantitative estimate of drug-likeness (QED) is 0.702. The summed E-state index contributed by atoms with van der Waals surface area (Å²) in [7, 11) is 0. The number of pyridine rings is 1. The first kappa shape index (κ1) is 19.0. The topological polar surface area (TPSA) is 78.7 Å². The maximum Gasteiger partial charge on any atom is 0.321 e. The van der Waals surface area contributed by atoms with E-state index in [0.717, 1.165) is 29.9 Å². The van der Waals surface area contributed by atoms with Gasteiger partial charge in [0, 0.05) is 44.1 Å². The van der Waals surface area contributed by atoms with Crippen LogP contribution in [0.1, 0.15) is 18.5 Å². The van der Waals surface area contributed by atoms with Crippen molar-refractivity contribution in [2.24, 2.45) is 5.92 Å². The number of hydrogen-bond acceptors (Lipinski definition) is 3. The summed E-state index contributed by atoms with van der Waals surface area (Å²) in [4.78, 5) is 31.4. The molecule has 1 fully saturated rings. The van der Waals surface area contributed by atoms with Gasteiger partial charge in [-0.2, -0.15) is 0 Å². The van der Waals surface area contributed by atoms with Crippen molar-refractivity contribution in [3.63, 3.8) is 0 Å². The van der Waals surface area contributed by atoms with Crippen molar-refractivity contribution in [2.75, 3.05) is 25.0 Å². The number of carbonyl (C=O) groups excluding carboxylic acids is 2. The van der Waals surface area contributed by atoms with Gasteiger partial charge in [-0.15, -0.1) is 0 Å². The minimum atomic E-state index is -0.175. The molecular formula is C22H25N5O2. The zero-order valence-corrected chi connectivity index (χ0v) is 16.3. The van der Waals surface area contributed by atoms with Crippen LogP contribution in [0.5, 0.6) is 0 Å². The highest BCUT2D eigenvalue weighted by Gasteiger charge is 2.28. The smallest absolute Gasteiger partial charge is 0.321 e. The minimum Gasteiger partial charge on any atom is -0.355 e. The SMILES string of the molecule is O=C(NCCc1cn2ccccc2n1)[C@H]1CCCN(C(=O)Nc2ccccc2)C1. The van der Waals surface area contributed by atoms with Crippen molar-refractivity contribution in [1.82, 2.24) is 19.6 Å². The molecule has 1 aliphatic rings. The number of rotatable bonds is 5. The number of nitrogens with zero attached hydrogens (tertiary/aromatic N) is 3. The van der Waals surface area contributed by atoms with Gasteiger partial charge in [-0.25, -0.2) is 9.78 Å². The molecule has 150 valence electrons. The Morgan fingerprint density at radius 1 is 1.10 bits per heavy atom. The number of fused-ring (bicyclic) bond motifs is 1. The molecule has 2 N–H and O–H groups in total. The lowest BCUT2D eigenvalue weighted by molar-refractivity contribution is -0.126. The largest absolute Gasteiger partial charge is 0.355 e. The Morgan fingerprint density at radius 3 is 2.76 bits per heavy atom. The molecule has 7 heteroatoms. The normalized spacial score (nSPS) is 16.6. The number of nitrogens with one attached hydrogen (secondary N) is 2. The van der Waals surface area contributed by atoms with Gasteiger partial charge in [-0.3, -0.25) is 4.79 Å². The van der Waals surface area contributed by atoms with Crippen LogP contribution in [0.15, 0.2) is 60.9 Å². The van der Waals surface area contributed by atoms with Crippen LogP contribution in [0, 0.1) is 5.92 Å². The summed E-state index contributed by atoms with van der Waals surface area (Å²) in [6.07, 6.45) is 6.25. The van der Waals surface area contributed by atoms with E-state index in [1.165, 1.54) is 0 Å². The molecule has 7 nitrogen and oxygen atoms in total. The lowest BCUT2D eigenvalue weighted by Crippen LogP contribution is -2.47. The third-order valence-electron chi connectivity index (χ3n) is 5.20. The van der Waals surface area contributed by atoms with Gasteiger partial charge < -0.3 is 19.9 Å². The van der Waals surface area contributed by atoms with E-state index in [2.05, 4.69) is 15.6 Å². The third-order valence-corrected chi connectivity index (χ3v) is 5.20. The predicted octanol–water partition coefficient (Wildman–Crippen LogP) is 2.94. The van der Waals surface area contributed by atoms with E-state index in [0.29, 0.717) is 26.1 Å². The van der Waals surface area contributed by atoms with Gasteiger partial charge in [-0.1, -0.05) is 24.3 Å². The number of urea groups is 1. The standard InChI is InChI=1S/C22H25N5O2/c28-21(23-12-11-19-16-26-13-5-4-10-20(26)24-19)17-7-6-14-27(15-17)22(29)25-18-8-2-1-3-9-18/h1-5,8-10,13,16-17H,6-7,11-12,14-15H2,(H,23,28)(H,25,29)/t17-/m0/s1. The van der Waals surface area contributed by atoms with Crippen LogP contribution in [0.3, 0.4) is 0 Å². The van der Waals surface area contributed by atoms with Gasteiger partial charge in [0.2, 0.25) is 5.91 Å². The van der Waals surface area contributed by atoms with Gasteiger partial charge >= 0.3 is 6.03 Å². The average molecular weight is 391 g/mol. The number of amides is 3. The van der Waals surface area contributed by atoms with Crippen LogP contribution in [0.25, 0.3) is 5.65 Å². The maximum absolute atomic E-state index is 12.6. The fourth-order valence-corrected chi connectivity index (χ4v) is 3.67. The Labute approximate surface area is 169 Å². The summed E-state index contributed by atoms with van der Waals surface area (Å²) >= 11 is 0. The van der Waals surface area contributed by atoms with Crippen LogP contribution >= 0.6 is 0 Å². The minimum absolute atomic E-state index is 0.00553. The first-order chi connectivity index (χ1) is 14.2. The van der Waals surface area contributed by atoms with E-state index in [1.807, 2.05) is 65.3 Å². The zero-order valence-electron chi connectivity index (χ0n) is 16.3. The number of anilines is 1. The van der Waals surface area contributed by atoms with E-state index in [4.69, 9.17) is 0 Å². The molecule has 3 amide bonds. The molecule has 4 rings (SSSR count). The number of piperidine rings is 1. The summed E-state index contributed by atoms with van der Waals surface area (Å²) < 4.78 is 1.97. The molecule has 1 saturated heterocycles. The number of para-hydroxylation sites is 1. The number of likely N-dealkylation sites (tertiary alicyclic amines) is 1. The van der Waals surface area contributed by atoms with Gasteiger partial charge in [0.05, 0.1) is 11.6 Å². The van der Waals surface area contributed by atoms with Gasteiger partial charge in [0.15, 0.2) is 0 Å². The molecule has 2 aromatic heterocycles. The molecule has 0 radical (unpaired) electrons. The lowest BCUT2D eigenvalue weighted by Gasteiger charge is -2.32. The molecule has 1 aliphatic heterocycles. The fourth-order valence-electron chi connectivity index (χ4n) is 3.67. The lowest BCUT2D eigenvalue weighted by atomic mass is 9.97. The van der Waals surface area contributed by atoms with Crippen LogP contribution in [0.4, 0.5) is 10.5 Å². The van der Waals surface area contributed by atoms with Crippen molar-refractivity contribution in [1.29, 1.82) is 0 Å². The van der Waals surface area contributed by atoms with Crippen molar-refractivity contribution in [2.45, 2.75) is 19.3 Å². The molecule has 0 aliphatic carbocycles. The van der Waals surface area contributed by atoms with E-state index in [-0.39, 0.29) is 17.9 Å². The Bertz CT molecular complexity index is 952. The number of carbonyl (C=O) groups is 2. The van der Waals surface area contributed by atoms with Crippen LogP contribution in [0.2, 0.25) is 0 Å². The predicted molar refractivity (Wildman–Crippen MR) is 112 cm³/mol. The monoisotopic (exact) mass is 391 g/mol. The molecular weight excluding hydrogens is 366 g/mol. The van der Waals surface area contributed by atoms with Crippen molar-refractivity contribution in [3.8, 4) is 0 Å². The number of imidazole rings is 1. The second kappa shape index (κ2) is 8.77. The number of benzene rings is 1. The molecule has 0 unspecified atom stereocenters. The van der Waals surface area contributed by atoms with E-state index in [9.17, 15) is 9.59 Å². The van der Waals surface area contributed by atoms with E-state index in [1.54, 1.807) is 4.90 Å². The Morgan fingerprint density at radius 2 is 1.93 bits per heavy atom. The van der Waals surface area contributed by atoms with Crippen LogP contribution in [-0.4, -0.2) is 45.9 Å². The average Bonchev–Trinajstić information content (AvgIpc) is 3.17. The second-order valence-electron chi connectivity index (χ2n) is 7.32. The summed E-state index contributed by atoms with van der Waals surface area (Å²) in [5.41, 5.74) is 2.61. The summed E-state index contributed by atoms with van der Waals surface area (Å²) in [5, 5.41) is 5.90.